The molecule has 0 unspecified atom stereocenters. The highest BCUT2D eigenvalue weighted by molar-refractivity contribution is 7.89. The lowest BCUT2D eigenvalue weighted by molar-refractivity contribution is -0.141. The molecule has 0 aliphatic rings. The number of benzene rings is 1. The number of pyridine rings is 1. The highest BCUT2D eigenvalue weighted by Gasteiger charge is 2.36. The van der Waals surface area contributed by atoms with Gasteiger partial charge in [-0.3, -0.25) is 0 Å². The van der Waals surface area contributed by atoms with E-state index in [4.69, 9.17) is 9.56 Å². The van der Waals surface area contributed by atoms with Crippen LogP contribution in [0.5, 0.6) is 0 Å². The number of alkyl halides is 3. The highest BCUT2D eigenvalue weighted by Crippen LogP contribution is 2.34. The second-order valence-electron chi connectivity index (χ2n) is 6.25. The lowest BCUT2D eigenvalue weighted by Gasteiger charge is -2.10. The first-order chi connectivity index (χ1) is 14.1. The molecule has 4 aromatic rings. The minimum absolute atomic E-state index is 0.00285. The van der Waals surface area contributed by atoms with Crippen LogP contribution in [0.15, 0.2) is 76.4 Å². The van der Waals surface area contributed by atoms with Crippen molar-refractivity contribution < 1.29 is 26.0 Å². The van der Waals surface area contributed by atoms with E-state index in [1.165, 1.54) is 18.5 Å². The summed E-state index contributed by atoms with van der Waals surface area (Å²) in [5, 5.41) is 8.77. The Bertz CT molecular complexity index is 1300. The van der Waals surface area contributed by atoms with Crippen LogP contribution in [-0.2, 0) is 16.2 Å². The second kappa shape index (κ2) is 7.11. The molecule has 3 aromatic heterocycles. The van der Waals surface area contributed by atoms with Crippen LogP contribution < -0.4 is 5.14 Å². The second-order valence-corrected chi connectivity index (χ2v) is 7.78. The molecule has 0 spiro atoms. The minimum Gasteiger partial charge on any atom is -0.464 e. The van der Waals surface area contributed by atoms with Crippen molar-refractivity contribution in [3.63, 3.8) is 0 Å². The number of hydrogen-bond acceptors (Lipinski definition) is 5. The van der Waals surface area contributed by atoms with Gasteiger partial charge in [0.25, 0.3) is 0 Å². The van der Waals surface area contributed by atoms with Gasteiger partial charge in [0.1, 0.15) is 10.7 Å². The van der Waals surface area contributed by atoms with E-state index in [9.17, 15) is 21.6 Å². The van der Waals surface area contributed by atoms with Gasteiger partial charge in [-0.05, 0) is 30.3 Å². The van der Waals surface area contributed by atoms with Crippen molar-refractivity contribution in [1.82, 2.24) is 14.8 Å². The summed E-state index contributed by atoms with van der Waals surface area (Å²) in [5.74, 6) is 0.257. The molecule has 1 aromatic carbocycles. The Morgan fingerprint density at radius 1 is 1.00 bits per heavy atom. The number of nitrogens with zero attached hydrogens (tertiary/aromatic N) is 3. The average Bonchev–Trinajstić information content (AvgIpc) is 3.37. The van der Waals surface area contributed by atoms with Crippen molar-refractivity contribution in [3.8, 4) is 28.4 Å². The standard InChI is InChI=1S/C19H13F3N4O3S/c20-19(21,22)17-11-14(12-5-7-13(8-6-12)15-3-2-10-29-15)26(25-17)18-16(30(23,27)28)4-1-9-24-18/h1-11H,(H2,23,27,28). The summed E-state index contributed by atoms with van der Waals surface area (Å²) in [6.45, 7) is 0. The molecule has 0 radical (unpaired) electrons. The summed E-state index contributed by atoms with van der Waals surface area (Å²) in [6, 6.07) is 13.2. The van der Waals surface area contributed by atoms with E-state index >= 15 is 0 Å². The topological polar surface area (TPSA) is 104 Å². The van der Waals surface area contributed by atoms with Crippen LogP contribution in [0, 0.1) is 0 Å². The minimum atomic E-state index is -4.75. The fraction of sp³-hybridized carbons (Fsp3) is 0.0526. The zero-order valence-electron chi connectivity index (χ0n) is 15.0. The predicted molar refractivity (Wildman–Crippen MR) is 101 cm³/mol. The van der Waals surface area contributed by atoms with Gasteiger partial charge in [0.05, 0.1) is 12.0 Å². The summed E-state index contributed by atoms with van der Waals surface area (Å²) in [6.07, 6.45) is -2.00. The van der Waals surface area contributed by atoms with Gasteiger partial charge in [0.2, 0.25) is 10.0 Å². The third-order valence-electron chi connectivity index (χ3n) is 4.24. The number of halogens is 3. The highest BCUT2D eigenvalue weighted by atomic mass is 32.2. The van der Waals surface area contributed by atoms with Crippen molar-refractivity contribution in [2.75, 3.05) is 0 Å². The van der Waals surface area contributed by atoms with Crippen molar-refractivity contribution in [3.05, 3.63) is 72.8 Å². The first kappa shape index (κ1) is 19.9. The van der Waals surface area contributed by atoms with Crippen molar-refractivity contribution in [2.45, 2.75) is 11.1 Å². The molecule has 154 valence electrons. The zero-order valence-corrected chi connectivity index (χ0v) is 15.9. The van der Waals surface area contributed by atoms with Crippen molar-refractivity contribution in [1.29, 1.82) is 0 Å². The van der Waals surface area contributed by atoms with Gasteiger partial charge in [0.15, 0.2) is 11.5 Å². The van der Waals surface area contributed by atoms with E-state index in [0.29, 0.717) is 16.9 Å². The van der Waals surface area contributed by atoms with Crippen LogP contribution in [0.4, 0.5) is 13.2 Å². The number of nitrogens with two attached hydrogens (primary N) is 1. The summed E-state index contributed by atoms with van der Waals surface area (Å²) in [7, 11) is -4.26. The molecule has 0 aliphatic carbocycles. The van der Waals surface area contributed by atoms with Gasteiger partial charge in [-0.1, -0.05) is 24.3 Å². The summed E-state index contributed by atoms with van der Waals surface area (Å²) < 4.78 is 70.0. The number of rotatable bonds is 4. The van der Waals surface area contributed by atoms with Gasteiger partial charge >= 0.3 is 6.18 Å². The first-order valence-corrected chi connectivity index (χ1v) is 9.99. The molecule has 0 bridgehead atoms. The maximum atomic E-state index is 13.3. The van der Waals surface area contributed by atoms with Crippen LogP contribution in [-0.4, -0.2) is 23.2 Å². The Morgan fingerprint density at radius 2 is 1.70 bits per heavy atom. The predicted octanol–water partition coefficient (Wildman–Crippen LogP) is 3.86. The normalized spacial score (nSPS) is 12.3. The molecule has 0 atom stereocenters. The Hall–Kier alpha value is -3.44. The van der Waals surface area contributed by atoms with Crippen LogP contribution in [0.2, 0.25) is 0 Å². The molecule has 30 heavy (non-hydrogen) atoms. The molecule has 3 heterocycles. The molecule has 4 rings (SSSR count). The zero-order chi connectivity index (χ0) is 21.5. The van der Waals surface area contributed by atoms with E-state index in [-0.39, 0.29) is 11.5 Å². The quantitative estimate of drug-likeness (QED) is 0.525. The van der Waals surface area contributed by atoms with Crippen molar-refractivity contribution >= 4 is 10.0 Å². The summed E-state index contributed by atoms with van der Waals surface area (Å²) in [4.78, 5) is 3.47. The molecule has 0 amide bonds. The van der Waals surface area contributed by atoms with Crippen LogP contribution >= 0.6 is 0 Å². The smallest absolute Gasteiger partial charge is 0.435 e. The molecule has 0 saturated carbocycles. The first-order valence-electron chi connectivity index (χ1n) is 8.44. The Kier molecular flexibility index (Phi) is 4.71. The molecule has 0 saturated heterocycles. The summed E-state index contributed by atoms with van der Waals surface area (Å²) in [5.41, 5.74) is -0.121. The SMILES string of the molecule is NS(=O)(=O)c1cccnc1-n1nc(C(F)(F)F)cc1-c1ccc(-c2ccco2)cc1. The Labute approximate surface area is 168 Å². The number of furan rings is 1. The number of hydrogen-bond donors (Lipinski definition) is 1. The average molecular weight is 434 g/mol. The number of primary sulfonamides is 1. The van der Waals surface area contributed by atoms with E-state index in [2.05, 4.69) is 10.1 Å². The molecular formula is C19H13F3N4O3S. The molecule has 0 fully saturated rings. The van der Waals surface area contributed by atoms with Gasteiger partial charge in [-0.15, -0.1) is 0 Å². The molecule has 0 aliphatic heterocycles. The molecular weight excluding hydrogens is 421 g/mol. The van der Waals surface area contributed by atoms with Crippen LogP contribution in [0.3, 0.4) is 0 Å². The lowest BCUT2D eigenvalue weighted by Crippen LogP contribution is -2.17. The Balaban J connectivity index is 1.90. The maximum Gasteiger partial charge on any atom is 0.435 e. The molecule has 2 N–H and O–H groups in total. The lowest BCUT2D eigenvalue weighted by atomic mass is 10.1. The van der Waals surface area contributed by atoms with Gasteiger partial charge in [0, 0.05) is 17.3 Å². The number of aromatic nitrogens is 3. The van der Waals surface area contributed by atoms with Gasteiger partial charge in [-0.2, -0.15) is 18.3 Å². The monoisotopic (exact) mass is 434 g/mol. The fourth-order valence-corrected chi connectivity index (χ4v) is 3.56. The number of sulfonamides is 1. The maximum absolute atomic E-state index is 13.3. The third-order valence-corrected chi connectivity index (χ3v) is 5.18. The van der Waals surface area contributed by atoms with Gasteiger partial charge < -0.3 is 4.42 Å². The fourth-order valence-electron chi connectivity index (χ4n) is 2.90. The van der Waals surface area contributed by atoms with E-state index in [1.54, 1.807) is 36.4 Å². The third kappa shape index (κ3) is 3.72. The summed E-state index contributed by atoms with van der Waals surface area (Å²) >= 11 is 0. The van der Waals surface area contributed by atoms with Crippen molar-refractivity contribution in [2.24, 2.45) is 5.14 Å². The van der Waals surface area contributed by atoms with Crippen LogP contribution in [0.25, 0.3) is 28.4 Å². The van der Waals surface area contributed by atoms with Gasteiger partial charge in [-0.25, -0.2) is 23.2 Å². The van der Waals surface area contributed by atoms with E-state index in [1.807, 2.05) is 0 Å². The Morgan fingerprint density at radius 3 is 2.30 bits per heavy atom. The van der Waals surface area contributed by atoms with Crippen LogP contribution in [0.1, 0.15) is 5.69 Å². The van der Waals surface area contributed by atoms with E-state index < -0.39 is 26.8 Å². The largest absolute Gasteiger partial charge is 0.464 e. The molecule has 7 nitrogen and oxygen atoms in total. The van der Waals surface area contributed by atoms with E-state index in [0.717, 1.165) is 16.8 Å². The molecule has 11 heteroatoms.